The second kappa shape index (κ2) is 6.21. The van der Waals surface area contributed by atoms with E-state index in [1.54, 1.807) is 0 Å². The summed E-state index contributed by atoms with van der Waals surface area (Å²) in [6.07, 6.45) is -1.54. The molecule has 0 amide bonds. The normalized spacial score (nSPS) is 25.3. The van der Waals surface area contributed by atoms with E-state index in [-0.39, 0.29) is 6.42 Å². The molecule has 0 bridgehead atoms. The van der Waals surface area contributed by atoms with Crippen LogP contribution in [0.1, 0.15) is 25.7 Å². The minimum atomic E-state index is -4.46. The van der Waals surface area contributed by atoms with Crippen LogP contribution in [0.5, 0.6) is 0 Å². The number of alkyl halides is 3. The lowest BCUT2D eigenvalue weighted by Gasteiger charge is -2.26. The Balaban J connectivity index is 2.45. The molecule has 1 fully saturated rings. The number of sulfone groups is 1. The van der Waals surface area contributed by atoms with E-state index in [0.29, 0.717) is 19.3 Å². The molecule has 1 aliphatic rings. The zero-order chi connectivity index (χ0) is 14.7. The largest absolute Gasteiger partial charge is 0.411 e. The summed E-state index contributed by atoms with van der Waals surface area (Å²) in [6, 6.07) is 0. The molecule has 0 aliphatic heterocycles. The molecule has 0 N–H and O–H groups in total. The molecule has 2 atom stereocenters. The van der Waals surface area contributed by atoms with Crippen molar-refractivity contribution in [3.63, 3.8) is 0 Å². The maximum atomic E-state index is 11.9. The van der Waals surface area contributed by atoms with Gasteiger partial charge in [0.05, 0.1) is 5.25 Å². The van der Waals surface area contributed by atoms with Gasteiger partial charge in [0.25, 0.3) is 0 Å². The third-order valence-corrected chi connectivity index (χ3v) is 4.84. The van der Waals surface area contributed by atoms with Gasteiger partial charge in [-0.1, -0.05) is 6.42 Å². The highest BCUT2D eigenvalue weighted by Crippen LogP contribution is 2.29. The maximum Gasteiger partial charge on any atom is 0.411 e. The van der Waals surface area contributed by atoms with Crippen molar-refractivity contribution in [1.29, 1.82) is 0 Å². The molecule has 0 spiro atoms. The SMILES string of the molecule is CS(=O)(=O)C1CCCC(C(=O)COCC(F)(F)F)C1. The van der Waals surface area contributed by atoms with E-state index in [0.717, 1.165) is 6.26 Å². The molecule has 0 aromatic carbocycles. The Morgan fingerprint density at radius 3 is 2.47 bits per heavy atom. The predicted molar refractivity (Wildman–Crippen MR) is 62.5 cm³/mol. The number of hydrogen-bond donors (Lipinski definition) is 0. The molecular formula is C11H17F3O4S. The van der Waals surface area contributed by atoms with Crippen LogP contribution in [-0.2, 0) is 19.4 Å². The number of ketones is 1. The maximum absolute atomic E-state index is 11.9. The van der Waals surface area contributed by atoms with Crippen molar-refractivity contribution in [2.45, 2.75) is 37.1 Å². The molecule has 112 valence electrons. The Hall–Kier alpha value is -0.630. The van der Waals surface area contributed by atoms with E-state index >= 15 is 0 Å². The van der Waals surface area contributed by atoms with Crippen molar-refractivity contribution < 1.29 is 31.1 Å². The number of ether oxygens (including phenoxy) is 1. The standard InChI is InChI=1S/C11H17F3O4S/c1-19(16,17)9-4-2-3-8(5-9)10(15)6-18-7-11(12,13)14/h8-9H,2-7H2,1H3. The predicted octanol–water partition coefficient (Wildman–Crippen LogP) is 1.74. The first kappa shape index (κ1) is 16.4. The molecule has 0 aromatic rings. The van der Waals surface area contributed by atoms with E-state index in [1.165, 1.54) is 0 Å². The van der Waals surface area contributed by atoms with Crippen molar-refractivity contribution in [2.75, 3.05) is 19.5 Å². The van der Waals surface area contributed by atoms with Gasteiger partial charge >= 0.3 is 6.18 Å². The van der Waals surface area contributed by atoms with Gasteiger partial charge in [0.2, 0.25) is 0 Å². The van der Waals surface area contributed by atoms with Crippen molar-refractivity contribution in [3.8, 4) is 0 Å². The van der Waals surface area contributed by atoms with E-state index in [1.807, 2.05) is 0 Å². The van der Waals surface area contributed by atoms with Crippen LogP contribution in [0.3, 0.4) is 0 Å². The summed E-state index contributed by atoms with van der Waals surface area (Å²) >= 11 is 0. The first-order valence-electron chi connectivity index (χ1n) is 5.95. The number of halogens is 3. The van der Waals surface area contributed by atoms with Gasteiger partial charge in [-0.05, 0) is 19.3 Å². The molecule has 0 radical (unpaired) electrons. The van der Waals surface area contributed by atoms with Crippen molar-refractivity contribution in [2.24, 2.45) is 5.92 Å². The van der Waals surface area contributed by atoms with Gasteiger partial charge in [-0.3, -0.25) is 4.79 Å². The summed E-state index contributed by atoms with van der Waals surface area (Å²) in [7, 11) is -3.21. The molecule has 19 heavy (non-hydrogen) atoms. The van der Waals surface area contributed by atoms with Gasteiger partial charge in [0, 0.05) is 12.2 Å². The fourth-order valence-corrected chi connectivity index (χ4v) is 3.39. The summed E-state index contributed by atoms with van der Waals surface area (Å²) in [4.78, 5) is 11.7. The van der Waals surface area contributed by atoms with Crippen LogP contribution in [0.2, 0.25) is 0 Å². The number of rotatable bonds is 5. The van der Waals surface area contributed by atoms with Gasteiger partial charge in [-0.15, -0.1) is 0 Å². The molecule has 0 aromatic heterocycles. The third kappa shape index (κ3) is 5.90. The van der Waals surface area contributed by atoms with Gasteiger partial charge in [-0.25, -0.2) is 8.42 Å². The van der Waals surface area contributed by atoms with Crippen molar-refractivity contribution in [1.82, 2.24) is 0 Å². The zero-order valence-electron chi connectivity index (χ0n) is 10.6. The summed E-state index contributed by atoms with van der Waals surface area (Å²) < 4.78 is 62.7. The highest BCUT2D eigenvalue weighted by atomic mass is 32.2. The second-order valence-electron chi connectivity index (χ2n) is 4.89. The van der Waals surface area contributed by atoms with E-state index < -0.39 is 46.2 Å². The summed E-state index contributed by atoms with van der Waals surface area (Å²) in [5.74, 6) is -0.959. The summed E-state index contributed by atoms with van der Waals surface area (Å²) in [5, 5.41) is -0.571. The lowest BCUT2D eigenvalue weighted by molar-refractivity contribution is -0.176. The van der Waals surface area contributed by atoms with Crippen LogP contribution in [0.15, 0.2) is 0 Å². The molecular weight excluding hydrogens is 285 g/mol. The van der Waals surface area contributed by atoms with Crippen LogP contribution in [-0.4, -0.2) is 45.1 Å². The van der Waals surface area contributed by atoms with Crippen LogP contribution >= 0.6 is 0 Å². The second-order valence-corrected chi connectivity index (χ2v) is 7.22. The molecule has 1 rings (SSSR count). The van der Waals surface area contributed by atoms with Crippen molar-refractivity contribution >= 4 is 15.6 Å². The fraction of sp³-hybridized carbons (Fsp3) is 0.909. The first-order chi connectivity index (χ1) is 8.59. The molecule has 2 unspecified atom stereocenters. The summed E-state index contributed by atoms with van der Waals surface area (Å²) in [6.45, 7) is -2.07. The van der Waals surface area contributed by atoms with Gasteiger partial charge in [0.1, 0.15) is 23.1 Å². The topological polar surface area (TPSA) is 60.4 Å². The summed E-state index contributed by atoms with van der Waals surface area (Å²) in [5.41, 5.74) is 0. The number of carbonyl (C=O) groups is 1. The Bertz CT molecular complexity index is 416. The fourth-order valence-electron chi connectivity index (χ4n) is 2.21. The van der Waals surface area contributed by atoms with E-state index in [9.17, 15) is 26.4 Å². The first-order valence-corrected chi connectivity index (χ1v) is 7.91. The number of hydrogen-bond acceptors (Lipinski definition) is 4. The third-order valence-electron chi connectivity index (χ3n) is 3.20. The monoisotopic (exact) mass is 302 g/mol. The molecule has 0 heterocycles. The minimum Gasteiger partial charge on any atom is -0.364 e. The minimum absolute atomic E-state index is 0.188. The lowest BCUT2D eigenvalue weighted by atomic mass is 9.86. The van der Waals surface area contributed by atoms with Crippen LogP contribution in [0, 0.1) is 5.92 Å². The highest BCUT2D eigenvalue weighted by molar-refractivity contribution is 7.91. The van der Waals surface area contributed by atoms with Gasteiger partial charge in [-0.2, -0.15) is 13.2 Å². The molecule has 1 aliphatic carbocycles. The Kier molecular flexibility index (Phi) is 5.37. The quantitative estimate of drug-likeness (QED) is 0.776. The smallest absolute Gasteiger partial charge is 0.364 e. The van der Waals surface area contributed by atoms with E-state index in [2.05, 4.69) is 4.74 Å². The van der Waals surface area contributed by atoms with Crippen LogP contribution in [0.25, 0.3) is 0 Å². The Morgan fingerprint density at radius 2 is 1.95 bits per heavy atom. The molecule has 4 nitrogen and oxygen atoms in total. The van der Waals surface area contributed by atoms with Crippen molar-refractivity contribution in [3.05, 3.63) is 0 Å². The van der Waals surface area contributed by atoms with Gasteiger partial charge < -0.3 is 4.74 Å². The van der Waals surface area contributed by atoms with Gasteiger partial charge in [0.15, 0.2) is 5.78 Å². The average molecular weight is 302 g/mol. The number of Topliss-reactive ketones (excluding diaryl/α,β-unsaturated/α-hetero) is 1. The molecule has 0 saturated heterocycles. The van der Waals surface area contributed by atoms with Crippen LogP contribution in [0.4, 0.5) is 13.2 Å². The Labute approximate surface area is 110 Å². The molecule has 8 heteroatoms. The zero-order valence-corrected chi connectivity index (χ0v) is 11.4. The van der Waals surface area contributed by atoms with E-state index in [4.69, 9.17) is 0 Å². The molecule has 1 saturated carbocycles. The number of carbonyl (C=O) groups excluding carboxylic acids is 1. The highest BCUT2D eigenvalue weighted by Gasteiger charge is 2.33. The lowest BCUT2D eigenvalue weighted by Crippen LogP contribution is -2.33. The Morgan fingerprint density at radius 1 is 1.32 bits per heavy atom. The average Bonchev–Trinajstić information content (AvgIpc) is 2.26. The van der Waals surface area contributed by atoms with Crippen LogP contribution < -0.4 is 0 Å².